The van der Waals surface area contributed by atoms with Gasteiger partial charge in [-0.3, -0.25) is 4.79 Å². The van der Waals surface area contributed by atoms with Gasteiger partial charge in [0.1, 0.15) is 0 Å². The number of carbonyl (C=O) groups is 1. The maximum absolute atomic E-state index is 12.8. The molecular formula is C19H22N4O2. The first-order valence-electron chi connectivity index (χ1n) is 8.79. The Labute approximate surface area is 146 Å². The van der Waals surface area contributed by atoms with Crippen LogP contribution < -0.4 is 0 Å². The molecule has 0 saturated carbocycles. The molecule has 0 radical (unpaired) electrons. The zero-order chi connectivity index (χ0) is 17.4. The minimum atomic E-state index is -0.0461. The third kappa shape index (κ3) is 2.92. The van der Waals surface area contributed by atoms with Crippen molar-refractivity contribution in [2.24, 2.45) is 0 Å². The maximum Gasteiger partial charge on any atom is 0.223 e. The largest absolute Gasteiger partial charge is 0.361 e. The average Bonchev–Trinajstić information content (AvgIpc) is 3.32. The van der Waals surface area contributed by atoms with Crippen LogP contribution in [0.3, 0.4) is 0 Å². The van der Waals surface area contributed by atoms with E-state index < -0.39 is 0 Å². The number of nitrogens with zero attached hydrogens (tertiary/aromatic N) is 3. The van der Waals surface area contributed by atoms with Gasteiger partial charge >= 0.3 is 0 Å². The number of nitrogens with one attached hydrogen (secondary N) is 1. The van der Waals surface area contributed by atoms with E-state index in [9.17, 15) is 4.79 Å². The number of likely N-dealkylation sites (tertiary alicyclic amines) is 1. The van der Waals surface area contributed by atoms with E-state index in [1.165, 1.54) is 16.5 Å². The van der Waals surface area contributed by atoms with E-state index in [1.54, 1.807) is 6.92 Å². The van der Waals surface area contributed by atoms with E-state index >= 15 is 0 Å². The number of H-pyrrole nitrogens is 1. The number of benzene rings is 1. The van der Waals surface area contributed by atoms with Crippen LogP contribution in [0.15, 0.2) is 28.9 Å². The predicted molar refractivity (Wildman–Crippen MR) is 94.1 cm³/mol. The number of aromatic amines is 1. The fourth-order valence-electron chi connectivity index (χ4n) is 3.74. The Morgan fingerprint density at radius 1 is 1.40 bits per heavy atom. The van der Waals surface area contributed by atoms with Crippen molar-refractivity contribution in [1.29, 1.82) is 0 Å². The van der Waals surface area contributed by atoms with Crippen LogP contribution >= 0.6 is 0 Å². The zero-order valence-electron chi connectivity index (χ0n) is 14.6. The Morgan fingerprint density at radius 3 is 3.08 bits per heavy atom. The number of carbonyl (C=O) groups excluding carboxylic acids is 1. The smallest absolute Gasteiger partial charge is 0.223 e. The highest BCUT2D eigenvalue weighted by atomic mass is 16.5. The van der Waals surface area contributed by atoms with Crippen molar-refractivity contribution in [1.82, 2.24) is 20.0 Å². The summed E-state index contributed by atoms with van der Waals surface area (Å²) in [5.74, 6) is 1.33. The van der Waals surface area contributed by atoms with Gasteiger partial charge in [0.15, 0.2) is 5.82 Å². The van der Waals surface area contributed by atoms with E-state index in [-0.39, 0.29) is 11.9 Å². The van der Waals surface area contributed by atoms with Crippen molar-refractivity contribution in [2.75, 3.05) is 6.54 Å². The van der Waals surface area contributed by atoms with Gasteiger partial charge < -0.3 is 14.4 Å². The summed E-state index contributed by atoms with van der Waals surface area (Å²) in [6.45, 7) is 4.64. The first-order valence-corrected chi connectivity index (χ1v) is 8.79. The summed E-state index contributed by atoms with van der Waals surface area (Å²) < 4.78 is 5.08. The molecule has 0 aliphatic carbocycles. The summed E-state index contributed by atoms with van der Waals surface area (Å²) >= 11 is 0. The minimum Gasteiger partial charge on any atom is -0.361 e. The molecule has 1 amide bonds. The molecule has 3 heterocycles. The average molecular weight is 338 g/mol. The molecule has 1 fully saturated rings. The number of rotatable bonds is 4. The highest BCUT2D eigenvalue weighted by Gasteiger charge is 2.32. The molecule has 6 nitrogen and oxygen atoms in total. The molecule has 0 spiro atoms. The third-order valence-electron chi connectivity index (χ3n) is 5.03. The second-order valence-electron chi connectivity index (χ2n) is 6.73. The van der Waals surface area contributed by atoms with Gasteiger partial charge in [-0.2, -0.15) is 4.98 Å². The first kappa shape index (κ1) is 15.9. The lowest BCUT2D eigenvalue weighted by molar-refractivity contribution is -0.132. The van der Waals surface area contributed by atoms with Crippen LogP contribution in [0.4, 0.5) is 0 Å². The van der Waals surface area contributed by atoms with Gasteiger partial charge in [0.05, 0.1) is 6.04 Å². The summed E-state index contributed by atoms with van der Waals surface area (Å²) in [4.78, 5) is 22.3. The van der Waals surface area contributed by atoms with Crippen molar-refractivity contribution in [3.8, 4) is 0 Å². The number of amides is 1. The highest BCUT2D eigenvalue weighted by Crippen LogP contribution is 2.31. The quantitative estimate of drug-likeness (QED) is 0.790. The van der Waals surface area contributed by atoms with E-state index in [4.69, 9.17) is 4.52 Å². The molecule has 25 heavy (non-hydrogen) atoms. The van der Waals surface area contributed by atoms with Crippen LogP contribution in [-0.4, -0.2) is 32.5 Å². The number of aryl methyl sites for hydroxylation is 3. The molecule has 3 aromatic rings. The Morgan fingerprint density at radius 2 is 2.28 bits per heavy atom. The van der Waals surface area contributed by atoms with Crippen LogP contribution in [0.1, 0.15) is 48.1 Å². The van der Waals surface area contributed by atoms with Crippen molar-refractivity contribution in [3.63, 3.8) is 0 Å². The molecule has 2 aromatic heterocycles. The van der Waals surface area contributed by atoms with E-state index in [1.807, 2.05) is 11.1 Å². The van der Waals surface area contributed by atoms with Gasteiger partial charge in [-0.25, -0.2) is 0 Å². The molecule has 0 unspecified atom stereocenters. The van der Waals surface area contributed by atoms with Gasteiger partial charge in [0.2, 0.25) is 11.8 Å². The van der Waals surface area contributed by atoms with Gasteiger partial charge in [-0.15, -0.1) is 0 Å². The van der Waals surface area contributed by atoms with E-state index in [0.717, 1.165) is 31.3 Å². The first-order chi connectivity index (χ1) is 12.1. The van der Waals surface area contributed by atoms with E-state index in [0.29, 0.717) is 18.1 Å². The van der Waals surface area contributed by atoms with Crippen LogP contribution in [0, 0.1) is 13.8 Å². The Bertz CT molecular complexity index is 911. The number of para-hydroxylation sites is 1. The number of hydrogen-bond acceptors (Lipinski definition) is 4. The summed E-state index contributed by atoms with van der Waals surface area (Å²) in [5.41, 5.74) is 3.58. The normalized spacial score (nSPS) is 17.5. The third-order valence-corrected chi connectivity index (χ3v) is 5.03. The second kappa shape index (κ2) is 6.35. The van der Waals surface area contributed by atoms with E-state index in [2.05, 4.69) is 40.2 Å². The topological polar surface area (TPSA) is 75.0 Å². The number of hydrogen-bond donors (Lipinski definition) is 1. The van der Waals surface area contributed by atoms with Crippen molar-refractivity contribution >= 4 is 16.8 Å². The molecule has 1 aromatic carbocycles. The van der Waals surface area contributed by atoms with Crippen LogP contribution in [0.25, 0.3) is 10.9 Å². The molecule has 1 N–H and O–H groups in total. The van der Waals surface area contributed by atoms with Crippen LogP contribution in [0.2, 0.25) is 0 Å². The molecule has 1 saturated heterocycles. The van der Waals surface area contributed by atoms with Crippen molar-refractivity contribution in [3.05, 3.63) is 47.2 Å². The number of aromatic nitrogens is 3. The fraction of sp³-hybridized carbons (Fsp3) is 0.421. The lowest BCUT2D eigenvalue weighted by atomic mass is 10.1. The molecule has 4 rings (SSSR count). The SMILES string of the molecule is Cc1nc([C@H]2CCCN2C(=O)CCc2c[nH]c3c(C)cccc23)no1. The minimum absolute atomic E-state index is 0.0461. The highest BCUT2D eigenvalue weighted by molar-refractivity contribution is 5.86. The molecule has 1 aliphatic heterocycles. The molecular weight excluding hydrogens is 316 g/mol. The van der Waals surface area contributed by atoms with Gasteiger partial charge in [-0.1, -0.05) is 23.4 Å². The number of fused-ring (bicyclic) bond motifs is 1. The fourth-order valence-corrected chi connectivity index (χ4v) is 3.74. The Balaban J connectivity index is 1.47. The van der Waals surface area contributed by atoms with Gasteiger partial charge in [0.25, 0.3) is 0 Å². The summed E-state index contributed by atoms with van der Waals surface area (Å²) in [5, 5.41) is 5.21. The molecule has 6 heteroatoms. The lowest BCUT2D eigenvalue weighted by Gasteiger charge is -2.22. The Hall–Kier alpha value is -2.63. The lowest BCUT2D eigenvalue weighted by Crippen LogP contribution is -2.31. The summed E-state index contributed by atoms with van der Waals surface area (Å²) in [6.07, 6.45) is 5.13. The molecule has 0 bridgehead atoms. The Kier molecular flexibility index (Phi) is 4.03. The maximum atomic E-state index is 12.8. The summed E-state index contributed by atoms with van der Waals surface area (Å²) in [6, 6.07) is 6.22. The zero-order valence-corrected chi connectivity index (χ0v) is 14.6. The monoisotopic (exact) mass is 338 g/mol. The standard InChI is InChI=1S/C19H22N4O2/c1-12-5-3-6-15-14(11-20-18(12)15)8-9-17(24)23-10-4-7-16(23)19-21-13(2)25-22-19/h3,5-6,11,16,20H,4,7-10H2,1-2H3/t16-/m1/s1. The van der Waals surface area contributed by atoms with Crippen molar-refractivity contribution in [2.45, 2.75) is 45.6 Å². The second-order valence-corrected chi connectivity index (χ2v) is 6.73. The van der Waals surface area contributed by atoms with Crippen LogP contribution in [-0.2, 0) is 11.2 Å². The van der Waals surface area contributed by atoms with Gasteiger partial charge in [-0.05, 0) is 37.3 Å². The van der Waals surface area contributed by atoms with Gasteiger partial charge in [0, 0.05) is 37.0 Å². The predicted octanol–water partition coefficient (Wildman–Crippen LogP) is 3.46. The molecule has 1 aliphatic rings. The molecule has 1 atom stereocenters. The summed E-state index contributed by atoms with van der Waals surface area (Å²) in [7, 11) is 0. The molecule has 130 valence electrons. The van der Waals surface area contributed by atoms with Crippen molar-refractivity contribution < 1.29 is 9.32 Å². The van der Waals surface area contributed by atoms with Crippen LogP contribution in [0.5, 0.6) is 0 Å².